The molecule has 0 aromatic carbocycles. The molecule has 1 aliphatic heterocycles. The van der Waals surface area contributed by atoms with Crippen LogP contribution in [0.15, 0.2) is 0 Å². The zero-order chi connectivity index (χ0) is 16.2. The molecule has 2 rings (SSSR count). The van der Waals surface area contributed by atoms with Crippen LogP contribution in [0.1, 0.15) is 45.9 Å². The smallest absolute Gasteiger partial charge is 0.321 e. The average molecular weight is 307 g/mol. The number of piperidine rings is 1. The van der Waals surface area contributed by atoms with E-state index in [2.05, 4.69) is 25.2 Å². The van der Waals surface area contributed by atoms with Gasteiger partial charge in [-0.05, 0) is 19.3 Å². The van der Waals surface area contributed by atoms with Crippen LogP contribution in [0.2, 0.25) is 0 Å². The van der Waals surface area contributed by atoms with Crippen LogP contribution in [0.25, 0.3) is 0 Å². The summed E-state index contributed by atoms with van der Waals surface area (Å²) in [5.74, 6) is 1.11. The summed E-state index contributed by atoms with van der Waals surface area (Å²) in [6.07, 6.45) is 3.53. The van der Waals surface area contributed by atoms with Crippen molar-refractivity contribution in [1.82, 2.24) is 20.3 Å². The molecule has 1 aliphatic rings. The highest BCUT2D eigenvalue weighted by Crippen LogP contribution is 2.18. The molecule has 122 valence electrons. The summed E-state index contributed by atoms with van der Waals surface area (Å²) < 4.78 is 5.16. The summed E-state index contributed by atoms with van der Waals surface area (Å²) in [5, 5.41) is 2.85. The number of nitrogens with one attached hydrogen (secondary N) is 1. The minimum Gasteiger partial charge on any atom is -0.467 e. The predicted octanol–water partition coefficient (Wildman–Crippen LogP) is 1.53. The number of ether oxygens (including phenoxy) is 1. The third-order valence-electron chi connectivity index (χ3n) is 3.56. The summed E-state index contributed by atoms with van der Waals surface area (Å²) in [6.45, 7) is 7.78. The number of nitrogens with zero attached hydrogens (tertiary/aromatic N) is 4. The molecule has 2 heterocycles. The molecule has 7 nitrogen and oxygen atoms in total. The number of carbonyl (C=O) groups is 1. The lowest BCUT2D eigenvalue weighted by Gasteiger charge is -2.26. The number of carbonyl (C=O) groups excluding carboxylic acids is 1. The van der Waals surface area contributed by atoms with Crippen LogP contribution in [0.5, 0.6) is 6.01 Å². The highest BCUT2D eigenvalue weighted by Gasteiger charge is 2.22. The summed E-state index contributed by atoms with van der Waals surface area (Å²) >= 11 is 0. The van der Waals surface area contributed by atoms with Crippen molar-refractivity contribution < 1.29 is 9.53 Å². The Hall–Kier alpha value is -1.92. The number of anilines is 1. The maximum atomic E-state index is 12.0. The maximum Gasteiger partial charge on any atom is 0.321 e. The van der Waals surface area contributed by atoms with Crippen LogP contribution in [-0.2, 0) is 11.3 Å². The zero-order valence-corrected chi connectivity index (χ0v) is 13.8. The normalized spacial score (nSPS) is 15.5. The molecule has 0 saturated carbocycles. The molecule has 1 aromatic heterocycles. The zero-order valence-electron chi connectivity index (χ0n) is 13.8. The minimum absolute atomic E-state index is 0.0357. The van der Waals surface area contributed by atoms with Crippen molar-refractivity contribution in [3.8, 4) is 6.01 Å². The van der Waals surface area contributed by atoms with Crippen LogP contribution < -0.4 is 15.0 Å². The van der Waals surface area contributed by atoms with Gasteiger partial charge < -0.3 is 15.0 Å². The first-order valence-electron chi connectivity index (χ1n) is 7.72. The Labute approximate surface area is 131 Å². The Kier molecular flexibility index (Phi) is 5.15. The van der Waals surface area contributed by atoms with Crippen molar-refractivity contribution in [3.05, 3.63) is 5.82 Å². The lowest BCUT2D eigenvalue weighted by molar-refractivity contribution is -0.128. The van der Waals surface area contributed by atoms with Crippen LogP contribution >= 0.6 is 0 Å². The molecule has 0 unspecified atom stereocenters. The monoisotopic (exact) mass is 307 g/mol. The van der Waals surface area contributed by atoms with Crippen molar-refractivity contribution in [2.24, 2.45) is 5.41 Å². The number of hydrogen-bond acceptors (Lipinski definition) is 6. The van der Waals surface area contributed by atoms with Crippen LogP contribution in [-0.4, -0.2) is 41.1 Å². The molecular formula is C15H25N5O2. The molecule has 0 aliphatic carbocycles. The molecular weight excluding hydrogens is 282 g/mol. The summed E-state index contributed by atoms with van der Waals surface area (Å²) in [7, 11) is 1.53. The fraction of sp³-hybridized carbons (Fsp3) is 0.733. The SMILES string of the molecule is COc1nc(CNC(=O)C(C)(C)C)nc(N2CCCCC2)n1. The van der Waals surface area contributed by atoms with Gasteiger partial charge in [-0.15, -0.1) is 0 Å². The predicted molar refractivity (Wildman–Crippen MR) is 83.7 cm³/mol. The quantitative estimate of drug-likeness (QED) is 0.908. The van der Waals surface area contributed by atoms with Crippen molar-refractivity contribution in [2.45, 2.75) is 46.6 Å². The third-order valence-corrected chi connectivity index (χ3v) is 3.56. The van der Waals surface area contributed by atoms with Gasteiger partial charge in [-0.2, -0.15) is 15.0 Å². The van der Waals surface area contributed by atoms with Crippen molar-refractivity contribution in [2.75, 3.05) is 25.1 Å². The van der Waals surface area contributed by atoms with Gasteiger partial charge in [-0.25, -0.2) is 0 Å². The average Bonchev–Trinajstić information content (AvgIpc) is 2.52. The van der Waals surface area contributed by atoms with Gasteiger partial charge in [0.05, 0.1) is 13.7 Å². The molecule has 1 fully saturated rings. The van der Waals surface area contributed by atoms with E-state index in [-0.39, 0.29) is 18.5 Å². The Morgan fingerprint density at radius 2 is 1.86 bits per heavy atom. The van der Waals surface area contributed by atoms with E-state index in [1.807, 2.05) is 20.8 Å². The van der Waals surface area contributed by atoms with E-state index in [4.69, 9.17) is 4.74 Å². The standard InChI is InChI=1S/C15H25N5O2/c1-15(2,3)12(21)16-10-11-17-13(19-14(18-11)22-4)20-8-6-5-7-9-20/h5-10H2,1-4H3,(H,16,21). The topological polar surface area (TPSA) is 80.2 Å². The molecule has 22 heavy (non-hydrogen) atoms. The van der Waals surface area contributed by atoms with Crippen LogP contribution in [0, 0.1) is 5.41 Å². The summed E-state index contributed by atoms with van der Waals surface area (Å²) in [6, 6.07) is 0.288. The Balaban J connectivity index is 2.11. The van der Waals surface area contributed by atoms with Gasteiger partial charge in [0.15, 0.2) is 5.82 Å². The minimum atomic E-state index is -0.438. The second-order valence-electron chi connectivity index (χ2n) is 6.52. The van der Waals surface area contributed by atoms with E-state index >= 15 is 0 Å². The van der Waals surface area contributed by atoms with Crippen LogP contribution in [0.3, 0.4) is 0 Å². The van der Waals surface area contributed by atoms with Crippen molar-refractivity contribution in [3.63, 3.8) is 0 Å². The number of aromatic nitrogens is 3. The molecule has 1 amide bonds. The lowest BCUT2D eigenvalue weighted by Crippen LogP contribution is -2.35. The molecule has 7 heteroatoms. The van der Waals surface area contributed by atoms with E-state index in [0.717, 1.165) is 25.9 Å². The van der Waals surface area contributed by atoms with E-state index in [0.29, 0.717) is 11.8 Å². The highest BCUT2D eigenvalue weighted by molar-refractivity contribution is 5.81. The van der Waals surface area contributed by atoms with Gasteiger partial charge in [-0.3, -0.25) is 4.79 Å². The summed E-state index contributed by atoms with van der Waals surface area (Å²) in [4.78, 5) is 27.1. The second kappa shape index (κ2) is 6.89. The third kappa shape index (κ3) is 4.29. The van der Waals surface area contributed by atoms with Gasteiger partial charge >= 0.3 is 6.01 Å². The Bertz CT molecular complexity index is 521. The van der Waals surface area contributed by atoms with Gasteiger partial charge in [0.25, 0.3) is 0 Å². The number of amides is 1. The second-order valence-corrected chi connectivity index (χ2v) is 6.52. The molecule has 0 radical (unpaired) electrons. The van der Waals surface area contributed by atoms with E-state index in [1.165, 1.54) is 13.5 Å². The van der Waals surface area contributed by atoms with Gasteiger partial charge in [0.1, 0.15) is 0 Å². The molecule has 0 atom stereocenters. The van der Waals surface area contributed by atoms with Crippen molar-refractivity contribution >= 4 is 11.9 Å². The van der Waals surface area contributed by atoms with Gasteiger partial charge in [0, 0.05) is 18.5 Å². The Morgan fingerprint density at radius 3 is 2.45 bits per heavy atom. The first-order chi connectivity index (χ1) is 10.4. The van der Waals surface area contributed by atoms with Crippen molar-refractivity contribution in [1.29, 1.82) is 0 Å². The lowest BCUT2D eigenvalue weighted by atomic mass is 9.96. The number of methoxy groups -OCH3 is 1. The highest BCUT2D eigenvalue weighted by atomic mass is 16.5. The summed E-state index contributed by atoms with van der Waals surface area (Å²) in [5.41, 5.74) is -0.438. The molecule has 1 N–H and O–H groups in total. The van der Waals surface area contributed by atoms with Crippen LogP contribution in [0.4, 0.5) is 5.95 Å². The first kappa shape index (κ1) is 16.5. The molecule has 1 saturated heterocycles. The Morgan fingerprint density at radius 1 is 1.18 bits per heavy atom. The maximum absolute atomic E-state index is 12.0. The fourth-order valence-electron chi connectivity index (χ4n) is 2.22. The molecule has 0 bridgehead atoms. The van der Waals surface area contributed by atoms with Gasteiger partial charge in [0.2, 0.25) is 11.9 Å². The molecule has 1 aromatic rings. The fourth-order valence-corrected chi connectivity index (χ4v) is 2.22. The first-order valence-corrected chi connectivity index (χ1v) is 7.72. The number of hydrogen-bond donors (Lipinski definition) is 1. The number of rotatable bonds is 4. The van der Waals surface area contributed by atoms with E-state index in [1.54, 1.807) is 0 Å². The largest absolute Gasteiger partial charge is 0.467 e. The van der Waals surface area contributed by atoms with Gasteiger partial charge in [-0.1, -0.05) is 20.8 Å². The molecule has 0 spiro atoms. The van der Waals surface area contributed by atoms with E-state index < -0.39 is 5.41 Å². The van der Waals surface area contributed by atoms with E-state index in [9.17, 15) is 4.79 Å².